The highest BCUT2D eigenvalue weighted by molar-refractivity contribution is 6.31. The highest BCUT2D eigenvalue weighted by atomic mass is 35.5. The van der Waals surface area contributed by atoms with Crippen LogP contribution in [-0.2, 0) is 4.79 Å². The fourth-order valence-corrected chi connectivity index (χ4v) is 2.39. The number of nitrogens with one attached hydrogen (secondary N) is 1. The van der Waals surface area contributed by atoms with Gasteiger partial charge in [0.05, 0.1) is 25.5 Å². The lowest BCUT2D eigenvalue weighted by Gasteiger charge is -2.14. The van der Waals surface area contributed by atoms with Crippen molar-refractivity contribution >= 4 is 29.0 Å². The molecule has 0 aliphatic heterocycles. The first-order chi connectivity index (χ1) is 11.0. The Balaban J connectivity index is 2.57. The molecule has 0 fully saturated rings. The number of methoxy groups -OCH3 is 2. The fourth-order valence-electron chi connectivity index (χ4n) is 2.21. The van der Waals surface area contributed by atoms with E-state index in [1.807, 2.05) is 0 Å². The van der Waals surface area contributed by atoms with E-state index in [-0.39, 0.29) is 17.3 Å². The Hall–Kier alpha value is -2.53. The summed E-state index contributed by atoms with van der Waals surface area (Å²) in [5, 5.41) is 3.02. The molecular formula is C17H16ClNO4. The van der Waals surface area contributed by atoms with Crippen LogP contribution in [0.3, 0.4) is 0 Å². The zero-order valence-electron chi connectivity index (χ0n) is 13.0. The van der Waals surface area contributed by atoms with Crippen molar-refractivity contribution in [2.75, 3.05) is 19.5 Å². The van der Waals surface area contributed by atoms with Crippen LogP contribution in [0, 0.1) is 0 Å². The average molecular weight is 334 g/mol. The van der Waals surface area contributed by atoms with Gasteiger partial charge in [-0.15, -0.1) is 0 Å². The maximum Gasteiger partial charge on any atom is 0.221 e. The zero-order valence-corrected chi connectivity index (χ0v) is 13.7. The van der Waals surface area contributed by atoms with Crippen LogP contribution in [0.4, 0.5) is 5.69 Å². The number of amides is 1. The Morgan fingerprint density at radius 2 is 1.78 bits per heavy atom. The minimum absolute atomic E-state index is 0.277. The van der Waals surface area contributed by atoms with E-state index in [0.29, 0.717) is 27.8 Å². The van der Waals surface area contributed by atoms with E-state index in [4.69, 9.17) is 21.1 Å². The molecule has 0 bridgehead atoms. The summed E-state index contributed by atoms with van der Waals surface area (Å²) in [6, 6.07) is 9.71. The SMILES string of the molecule is COc1cccc(C(=O)c2cc(Cl)ccc2NC(C)=O)c1OC. The van der Waals surface area contributed by atoms with E-state index in [9.17, 15) is 9.59 Å². The van der Waals surface area contributed by atoms with Gasteiger partial charge in [0.15, 0.2) is 17.3 Å². The van der Waals surface area contributed by atoms with Gasteiger partial charge >= 0.3 is 0 Å². The number of anilines is 1. The minimum Gasteiger partial charge on any atom is -0.493 e. The molecule has 2 aromatic rings. The number of hydrogen-bond donors (Lipinski definition) is 1. The van der Waals surface area contributed by atoms with Crippen molar-refractivity contribution in [3.05, 3.63) is 52.5 Å². The van der Waals surface area contributed by atoms with Crippen LogP contribution in [-0.4, -0.2) is 25.9 Å². The van der Waals surface area contributed by atoms with Crippen LogP contribution in [0.5, 0.6) is 11.5 Å². The minimum atomic E-state index is -0.327. The Labute approximate surface area is 139 Å². The number of carbonyl (C=O) groups excluding carboxylic acids is 2. The second kappa shape index (κ2) is 7.15. The highest BCUT2D eigenvalue weighted by Crippen LogP contribution is 2.34. The van der Waals surface area contributed by atoms with Gasteiger partial charge in [-0.3, -0.25) is 9.59 Å². The third-order valence-corrected chi connectivity index (χ3v) is 3.42. The van der Waals surface area contributed by atoms with Crippen LogP contribution < -0.4 is 14.8 Å². The van der Waals surface area contributed by atoms with E-state index in [1.54, 1.807) is 30.3 Å². The molecule has 0 unspecified atom stereocenters. The second-order valence-corrected chi connectivity index (χ2v) is 5.18. The van der Waals surface area contributed by atoms with Gasteiger partial charge in [-0.2, -0.15) is 0 Å². The van der Waals surface area contributed by atoms with Crippen molar-refractivity contribution in [2.45, 2.75) is 6.92 Å². The molecule has 0 radical (unpaired) electrons. The molecule has 0 atom stereocenters. The summed E-state index contributed by atoms with van der Waals surface area (Å²) in [6.07, 6.45) is 0. The Kier molecular flexibility index (Phi) is 5.24. The summed E-state index contributed by atoms with van der Waals surface area (Å²) in [5.41, 5.74) is 0.983. The summed E-state index contributed by atoms with van der Waals surface area (Å²) in [5.74, 6) is 0.168. The van der Waals surface area contributed by atoms with Crippen molar-refractivity contribution in [2.24, 2.45) is 0 Å². The van der Waals surface area contributed by atoms with Crippen LogP contribution in [0.2, 0.25) is 5.02 Å². The molecule has 23 heavy (non-hydrogen) atoms. The van der Waals surface area contributed by atoms with E-state index in [2.05, 4.69) is 5.32 Å². The summed E-state index contributed by atoms with van der Waals surface area (Å²) in [6.45, 7) is 1.37. The lowest BCUT2D eigenvalue weighted by molar-refractivity contribution is -0.114. The van der Waals surface area contributed by atoms with E-state index >= 15 is 0 Å². The molecule has 2 rings (SSSR count). The predicted octanol–water partition coefficient (Wildman–Crippen LogP) is 3.55. The van der Waals surface area contributed by atoms with Crippen LogP contribution in [0.15, 0.2) is 36.4 Å². The molecule has 0 heterocycles. The highest BCUT2D eigenvalue weighted by Gasteiger charge is 2.21. The fraction of sp³-hybridized carbons (Fsp3) is 0.176. The number of rotatable bonds is 5. The van der Waals surface area contributed by atoms with Crippen LogP contribution in [0.25, 0.3) is 0 Å². The second-order valence-electron chi connectivity index (χ2n) is 4.74. The first-order valence-electron chi connectivity index (χ1n) is 6.80. The van der Waals surface area contributed by atoms with E-state index in [1.165, 1.54) is 27.2 Å². The van der Waals surface area contributed by atoms with Gasteiger partial charge in [0.1, 0.15) is 0 Å². The topological polar surface area (TPSA) is 64.6 Å². The summed E-state index contributed by atoms with van der Waals surface area (Å²) in [4.78, 5) is 24.2. The predicted molar refractivity (Wildman–Crippen MR) is 88.7 cm³/mol. The van der Waals surface area contributed by atoms with Gasteiger partial charge in [0.25, 0.3) is 0 Å². The Bertz CT molecular complexity index is 758. The van der Waals surface area contributed by atoms with Gasteiger partial charge < -0.3 is 14.8 Å². The lowest BCUT2D eigenvalue weighted by Crippen LogP contribution is -2.12. The average Bonchev–Trinajstić information content (AvgIpc) is 2.54. The third kappa shape index (κ3) is 3.63. The third-order valence-electron chi connectivity index (χ3n) is 3.18. The molecule has 5 nitrogen and oxygen atoms in total. The number of ether oxygens (including phenoxy) is 2. The molecule has 120 valence electrons. The van der Waals surface area contributed by atoms with Gasteiger partial charge in [-0.1, -0.05) is 17.7 Å². The zero-order chi connectivity index (χ0) is 17.0. The Morgan fingerprint density at radius 1 is 1.04 bits per heavy atom. The van der Waals surface area contributed by atoms with Crippen molar-refractivity contribution in [3.63, 3.8) is 0 Å². The largest absolute Gasteiger partial charge is 0.493 e. The molecule has 1 amide bonds. The van der Waals surface area contributed by atoms with Crippen LogP contribution >= 0.6 is 11.6 Å². The first-order valence-corrected chi connectivity index (χ1v) is 7.18. The van der Waals surface area contributed by atoms with E-state index in [0.717, 1.165) is 0 Å². The van der Waals surface area contributed by atoms with Crippen LogP contribution in [0.1, 0.15) is 22.8 Å². The standard InChI is InChI=1S/C17H16ClNO4/c1-10(20)19-14-8-7-11(18)9-13(14)16(21)12-5-4-6-15(22-2)17(12)23-3/h4-9H,1-3H3,(H,19,20). The van der Waals surface area contributed by atoms with Crippen molar-refractivity contribution in [1.29, 1.82) is 0 Å². The molecule has 2 aromatic carbocycles. The lowest BCUT2D eigenvalue weighted by atomic mass is 10.00. The summed E-state index contributed by atoms with van der Waals surface area (Å²) < 4.78 is 10.5. The number of hydrogen-bond acceptors (Lipinski definition) is 4. The molecular weight excluding hydrogens is 318 g/mol. The first kappa shape index (κ1) is 16.8. The van der Waals surface area contributed by atoms with Gasteiger partial charge in [0.2, 0.25) is 5.91 Å². The normalized spacial score (nSPS) is 10.1. The maximum atomic E-state index is 12.9. The summed E-state index contributed by atoms with van der Waals surface area (Å²) >= 11 is 6.00. The monoisotopic (exact) mass is 333 g/mol. The molecule has 0 aliphatic rings. The van der Waals surface area contributed by atoms with Crippen molar-refractivity contribution in [3.8, 4) is 11.5 Å². The van der Waals surface area contributed by atoms with Crippen molar-refractivity contribution < 1.29 is 19.1 Å². The van der Waals surface area contributed by atoms with Gasteiger partial charge in [-0.25, -0.2) is 0 Å². The van der Waals surface area contributed by atoms with Gasteiger partial charge in [0, 0.05) is 17.5 Å². The number of benzene rings is 2. The van der Waals surface area contributed by atoms with Gasteiger partial charge in [-0.05, 0) is 30.3 Å². The molecule has 0 aliphatic carbocycles. The molecule has 0 aromatic heterocycles. The van der Waals surface area contributed by atoms with E-state index < -0.39 is 0 Å². The number of carbonyl (C=O) groups is 2. The number of ketones is 1. The quantitative estimate of drug-likeness (QED) is 0.850. The molecule has 1 N–H and O–H groups in total. The smallest absolute Gasteiger partial charge is 0.221 e. The maximum absolute atomic E-state index is 12.9. The summed E-state index contributed by atoms with van der Waals surface area (Å²) in [7, 11) is 2.95. The molecule has 0 saturated carbocycles. The Morgan fingerprint density at radius 3 is 2.39 bits per heavy atom. The molecule has 6 heteroatoms. The number of para-hydroxylation sites is 1. The number of halogens is 1. The molecule has 0 spiro atoms. The molecule has 0 saturated heterocycles. The van der Waals surface area contributed by atoms with Crippen molar-refractivity contribution in [1.82, 2.24) is 0 Å².